The minimum Gasteiger partial charge on any atom is -0.465 e. The second-order valence-electron chi connectivity index (χ2n) is 4.68. The molecule has 3 heterocycles. The van der Waals surface area contributed by atoms with E-state index in [4.69, 9.17) is 16.7 Å². The SMILES string of the molecule is O=C(O)N1CCC(c2c[nH]c3c(Cl)ncnc23)CC1. The summed E-state index contributed by atoms with van der Waals surface area (Å²) < 4.78 is 0. The summed E-state index contributed by atoms with van der Waals surface area (Å²) >= 11 is 6.01. The van der Waals surface area contributed by atoms with Gasteiger partial charge in [0.05, 0.1) is 5.52 Å². The van der Waals surface area contributed by atoms with Gasteiger partial charge in [0.2, 0.25) is 0 Å². The van der Waals surface area contributed by atoms with Crippen LogP contribution < -0.4 is 0 Å². The fourth-order valence-corrected chi connectivity index (χ4v) is 2.81. The number of nitrogens with one attached hydrogen (secondary N) is 1. The summed E-state index contributed by atoms with van der Waals surface area (Å²) in [5.74, 6) is 0.315. The number of nitrogens with zero attached hydrogens (tertiary/aromatic N) is 3. The molecule has 2 aromatic rings. The first kappa shape index (κ1) is 12.2. The molecule has 0 bridgehead atoms. The molecule has 0 aliphatic carbocycles. The van der Waals surface area contributed by atoms with E-state index in [0.717, 1.165) is 29.4 Å². The summed E-state index contributed by atoms with van der Waals surface area (Å²) in [5, 5.41) is 9.36. The van der Waals surface area contributed by atoms with Gasteiger partial charge < -0.3 is 15.0 Å². The maximum Gasteiger partial charge on any atom is 0.407 e. The molecule has 2 N–H and O–H groups in total. The second-order valence-corrected chi connectivity index (χ2v) is 5.03. The molecule has 0 atom stereocenters. The number of fused-ring (bicyclic) bond motifs is 1. The Morgan fingerprint density at radius 1 is 1.42 bits per heavy atom. The Balaban J connectivity index is 1.86. The standard InChI is InChI=1S/C12H13ClN4O2/c13-11-10-9(15-6-16-11)8(5-14-10)7-1-3-17(4-2-7)12(18)19/h5-7,14H,1-4H2,(H,18,19). The maximum absolute atomic E-state index is 10.9. The Morgan fingerprint density at radius 3 is 2.84 bits per heavy atom. The zero-order valence-electron chi connectivity index (χ0n) is 10.1. The molecule has 3 rings (SSSR count). The van der Waals surface area contributed by atoms with Gasteiger partial charge in [-0.1, -0.05) is 11.6 Å². The lowest BCUT2D eigenvalue weighted by Crippen LogP contribution is -2.36. The number of H-pyrrole nitrogens is 1. The van der Waals surface area contributed by atoms with Crippen molar-refractivity contribution in [1.82, 2.24) is 19.9 Å². The monoisotopic (exact) mass is 280 g/mol. The molecule has 6 nitrogen and oxygen atoms in total. The first-order chi connectivity index (χ1) is 9.16. The van der Waals surface area contributed by atoms with Gasteiger partial charge in [0.25, 0.3) is 0 Å². The largest absolute Gasteiger partial charge is 0.465 e. The van der Waals surface area contributed by atoms with Crippen LogP contribution in [0.5, 0.6) is 0 Å². The summed E-state index contributed by atoms with van der Waals surface area (Å²) in [6.45, 7) is 1.12. The molecule has 1 saturated heterocycles. The molecule has 19 heavy (non-hydrogen) atoms. The zero-order chi connectivity index (χ0) is 13.4. The van der Waals surface area contributed by atoms with Gasteiger partial charge in [-0.25, -0.2) is 14.8 Å². The second kappa shape index (κ2) is 4.70. The molecule has 0 saturated carbocycles. The number of rotatable bonds is 1. The van der Waals surface area contributed by atoms with Crippen LogP contribution in [0.3, 0.4) is 0 Å². The highest BCUT2D eigenvalue weighted by Crippen LogP contribution is 2.33. The van der Waals surface area contributed by atoms with E-state index in [9.17, 15) is 4.79 Å². The number of piperidine rings is 1. The molecule has 0 spiro atoms. The van der Waals surface area contributed by atoms with Crippen molar-refractivity contribution < 1.29 is 9.90 Å². The molecule has 2 aromatic heterocycles. The number of hydrogen-bond acceptors (Lipinski definition) is 3. The Morgan fingerprint density at radius 2 is 2.16 bits per heavy atom. The predicted molar refractivity (Wildman–Crippen MR) is 70.5 cm³/mol. The Kier molecular flexibility index (Phi) is 3.02. The lowest BCUT2D eigenvalue weighted by atomic mass is 9.90. The van der Waals surface area contributed by atoms with Crippen LogP contribution in [0, 0.1) is 0 Å². The van der Waals surface area contributed by atoms with Crippen LogP contribution in [-0.2, 0) is 0 Å². The Hall–Kier alpha value is -1.82. The van der Waals surface area contributed by atoms with Gasteiger partial charge in [-0.15, -0.1) is 0 Å². The number of likely N-dealkylation sites (tertiary alicyclic amines) is 1. The van der Waals surface area contributed by atoms with E-state index in [0.29, 0.717) is 24.2 Å². The van der Waals surface area contributed by atoms with Crippen LogP contribution >= 0.6 is 11.6 Å². The van der Waals surface area contributed by atoms with Crippen LogP contribution in [0.4, 0.5) is 4.79 Å². The van der Waals surface area contributed by atoms with E-state index in [1.807, 2.05) is 6.20 Å². The zero-order valence-corrected chi connectivity index (χ0v) is 10.9. The fourth-order valence-electron chi connectivity index (χ4n) is 2.62. The van der Waals surface area contributed by atoms with Gasteiger partial charge in [-0.3, -0.25) is 0 Å². The van der Waals surface area contributed by atoms with Gasteiger partial charge in [-0.2, -0.15) is 0 Å². The normalized spacial score (nSPS) is 17.0. The number of carboxylic acid groups (broad SMARTS) is 1. The van der Waals surface area contributed by atoms with Crippen LogP contribution in [-0.4, -0.2) is 44.1 Å². The van der Waals surface area contributed by atoms with Crippen molar-refractivity contribution in [2.45, 2.75) is 18.8 Å². The highest BCUT2D eigenvalue weighted by Gasteiger charge is 2.25. The Bertz CT molecular complexity index is 619. The highest BCUT2D eigenvalue weighted by atomic mass is 35.5. The van der Waals surface area contributed by atoms with Gasteiger partial charge in [-0.05, 0) is 24.3 Å². The van der Waals surface area contributed by atoms with Crippen molar-refractivity contribution in [1.29, 1.82) is 0 Å². The van der Waals surface area contributed by atoms with Crippen molar-refractivity contribution in [2.75, 3.05) is 13.1 Å². The molecule has 1 fully saturated rings. The van der Waals surface area contributed by atoms with Gasteiger partial charge in [0, 0.05) is 19.3 Å². The number of aromatic amines is 1. The van der Waals surface area contributed by atoms with Crippen molar-refractivity contribution >= 4 is 28.7 Å². The van der Waals surface area contributed by atoms with Crippen LogP contribution in [0.25, 0.3) is 11.0 Å². The van der Waals surface area contributed by atoms with Gasteiger partial charge in [0.1, 0.15) is 11.8 Å². The predicted octanol–water partition coefficient (Wildman–Crippen LogP) is 2.47. The number of aromatic nitrogens is 3. The first-order valence-electron chi connectivity index (χ1n) is 6.12. The number of carbonyl (C=O) groups is 1. The topological polar surface area (TPSA) is 82.1 Å². The summed E-state index contributed by atoms with van der Waals surface area (Å²) in [6, 6.07) is 0. The van der Waals surface area contributed by atoms with E-state index in [-0.39, 0.29) is 0 Å². The molecule has 7 heteroatoms. The quantitative estimate of drug-likeness (QED) is 0.786. The molecule has 1 aliphatic rings. The number of halogens is 1. The van der Waals surface area contributed by atoms with Crippen molar-refractivity contribution in [2.24, 2.45) is 0 Å². The smallest absolute Gasteiger partial charge is 0.407 e. The third kappa shape index (κ3) is 2.12. The third-order valence-electron chi connectivity index (χ3n) is 3.65. The lowest BCUT2D eigenvalue weighted by Gasteiger charge is -2.29. The van der Waals surface area contributed by atoms with E-state index in [1.165, 1.54) is 11.2 Å². The summed E-state index contributed by atoms with van der Waals surface area (Å²) in [5.41, 5.74) is 2.69. The van der Waals surface area contributed by atoms with Crippen molar-refractivity contribution in [3.8, 4) is 0 Å². The van der Waals surface area contributed by atoms with Crippen LogP contribution in [0.1, 0.15) is 24.3 Å². The van der Waals surface area contributed by atoms with E-state index in [1.54, 1.807) is 0 Å². The average molecular weight is 281 g/mol. The fraction of sp³-hybridized carbons (Fsp3) is 0.417. The number of hydrogen-bond donors (Lipinski definition) is 2. The summed E-state index contributed by atoms with van der Waals surface area (Å²) in [6.07, 6.45) is 4.13. The molecular formula is C12H13ClN4O2. The molecule has 100 valence electrons. The lowest BCUT2D eigenvalue weighted by molar-refractivity contribution is 0.132. The minimum absolute atomic E-state index is 0.315. The third-order valence-corrected chi connectivity index (χ3v) is 3.94. The Labute approximate surface area is 114 Å². The minimum atomic E-state index is -0.845. The maximum atomic E-state index is 10.9. The molecule has 0 radical (unpaired) electrons. The molecule has 0 aromatic carbocycles. The summed E-state index contributed by atoms with van der Waals surface area (Å²) in [4.78, 5) is 23.7. The highest BCUT2D eigenvalue weighted by molar-refractivity contribution is 6.33. The average Bonchev–Trinajstić information content (AvgIpc) is 2.84. The van der Waals surface area contributed by atoms with E-state index in [2.05, 4.69) is 15.0 Å². The molecular weight excluding hydrogens is 268 g/mol. The van der Waals surface area contributed by atoms with E-state index < -0.39 is 6.09 Å². The summed E-state index contributed by atoms with van der Waals surface area (Å²) in [7, 11) is 0. The van der Waals surface area contributed by atoms with Gasteiger partial charge in [0.15, 0.2) is 5.15 Å². The number of amides is 1. The van der Waals surface area contributed by atoms with Gasteiger partial charge >= 0.3 is 6.09 Å². The van der Waals surface area contributed by atoms with E-state index >= 15 is 0 Å². The van der Waals surface area contributed by atoms with Crippen molar-refractivity contribution in [3.63, 3.8) is 0 Å². The van der Waals surface area contributed by atoms with Crippen molar-refractivity contribution in [3.05, 3.63) is 23.2 Å². The van der Waals surface area contributed by atoms with Crippen LogP contribution in [0.15, 0.2) is 12.5 Å². The van der Waals surface area contributed by atoms with Crippen LogP contribution in [0.2, 0.25) is 5.15 Å². The molecule has 1 amide bonds. The molecule has 0 unspecified atom stereocenters. The first-order valence-corrected chi connectivity index (χ1v) is 6.50. The molecule has 1 aliphatic heterocycles.